The molecule has 0 bridgehead atoms. The van der Waals surface area contributed by atoms with E-state index in [9.17, 15) is 0 Å². The zero-order valence-corrected chi connectivity index (χ0v) is 15.1. The molecule has 0 saturated heterocycles. The van der Waals surface area contributed by atoms with Crippen LogP contribution in [0.1, 0.15) is 19.1 Å². The minimum atomic E-state index is -0.400. The van der Waals surface area contributed by atoms with Gasteiger partial charge in [-0.3, -0.25) is 0 Å². The predicted octanol–water partition coefficient (Wildman–Crippen LogP) is 4.48. The van der Waals surface area contributed by atoms with E-state index in [1.165, 1.54) is 0 Å². The summed E-state index contributed by atoms with van der Waals surface area (Å²) in [5.41, 5.74) is 2.48. The molecular formula is C19H18N4O2S. The molecule has 4 rings (SSSR count). The standard InChI is InChI=1S/C19H18N4O2S/c1-2-12-26-19-21-18-17(22-23-19)14-7-3-4-8-15(14)20-16(25-18)10-9-13-6-5-11-24-13/h3-11,16,20H,2,12H2,1H3/b10-9-/t16-/m0/s1. The lowest BCUT2D eigenvalue weighted by molar-refractivity contribution is 0.266. The van der Waals surface area contributed by atoms with Crippen molar-refractivity contribution in [1.82, 2.24) is 15.2 Å². The van der Waals surface area contributed by atoms with Crippen molar-refractivity contribution in [2.75, 3.05) is 11.1 Å². The number of nitrogens with one attached hydrogen (secondary N) is 1. The molecule has 7 heteroatoms. The van der Waals surface area contributed by atoms with Gasteiger partial charge in [0.15, 0.2) is 11.9 Å². The van der Waals surface area contributed by atoms with Gasteiger partial charge in [-0.1, -0.05) is 36.9 Å². The summed E-state index contributed by atoms with van der Waals surface area (Å²) in [5, 5.41) is 12.6. The molecule has 6 nitrogen and oxygen atoms in total. The Balaban J connectivity index is 1.70. The zero-order valence-electron chi connectivity index (χ0n) is 14.3. The molecule has 0 amide bonds. The molecule has 1 aliphatic heterocycles. The van der Waals surface area contributed by atoms with Crippen LogP contribution in [0, 0.1) is 0 Å². The number of furan rings is 1. The topological polar surface area (TPSA) is 73.1 Å². The second-order valence-corrected chi connectivity index (χ2v) is 6.76. The van der Waals surface area contributed by atoms with Gasteiger partial charge in [0.2, 0.25) is 11.0 Å². The highest BCUT2D eigenvalue weighted by molar-refractivity contribution is 7.99. The van der Waals surface area contributed by atoms with Crippen LogP contribution in [-0.2, 0) is 0 Å². The number of thioether (sulfide) groups is 1. The molecule has 1 N–H and O–H groups in total. The predicted molar refractivity (Wildman–Crippen MR) is 102 cm³/mol. The van der Waals surface area contributed by atoms with Crippen LogP contribution >= 0.6 is 11.8 Å². The number of fused-ring (bicyclic) bond motifs is 3. The summed E-state index contributed by atoms with van der Waals surface area (Å²) in [6.07, 6.45) is 6.05. The van der Waals surface area contributed by atoms with Crippen LogP contribution in [0.3, 0.4) is 0 Å². The number of ether oxygens (including phenoxy) is 1. The first kappa shape index (κ1) is 16.7. The Morgan fingerprint density at radius 3 is 2.96 bits per heavy atom. The summed E-state index contributed by atoms with van der Waals surface area (Å²) < 4.78 is 11.4. The first-order chi connectivity index (χ1) is 12.8. The molecule has 0 fully saturated rings. The van der Waals surface area contributed by atoms with E-state index in [4.69, 9.17) is 9.15 Å². The van der Waals surface area contributed by atoms with Crippen LogP contribution in [0.4, 0.5) is 5.69 Å². The van der Waals surface area contributed by atoms with Crippen LogP contribution in [0.2, 0.25) is 0 Å². The van der Waals surface area contributed by atoms with Crippen molar-refractivity contribution in [2.24, 2.45) is 0 Å². The second-order valence-electron chi connectivity index (χ2n) is 5.70. The van der Waals surface area contributed by atoms with E-state index in [2.05, 4.69) is 27.4 Å². The van der Waals surface area contributed by atoms with Crippen molar-refractivity contribution in [1.29, 1.82) is 0 Å². The van der Waals surface area contributed by atoms with Crippen molar-refractivity contribution >= 4 is 23.5 Å². The third-order valence-electron chi connectivity index (χ3n) is 3.77. The minimum absolute atomic E-state index is 0.400. The number of anilines is 1. The fourth-order valence-electron chi connectivity index (χ4n) is 2.58. The highest BCUT2D eigenvalue weighted by Gasteiger charge is 2.23. The summed E-state index contributed by atoms with van der Waals surface area (Å²) in [7, 11) is 0. The van der Waals surface area contributed by atoms with Gasteiger partial charge >= 0.3 is 0 Å². The molecule has 26 heavy (non-hydrogen) atoms. The van der Waals surface area contributed by atoms with Gasteiger partial charge in [0.25, 0.3) is 0 Å². The molecule has 3 heterocycles. The van der Waals surface area contributed by atoms with Gasteiger partial charge < -0.3 is 14.5 Å². The SMILES string of the molecule is CCCSc1nnc2c(n1)O[C@@H](/C=C\c1ccco1)Nc1ccccc1-2. The lowest BCUT2D eigenvalue weighted by Gasteiger charge is -2.15. The second kappa shape index (κ2) is 7.61. The van der Waals surface area contributed by atoms with E-state index in [-0.39, 0.29) is 0 Å². The third kappa shape index (κ3) is 3.57. The van der Waals surface area contributed by atoms with Crippen LogP contribution < -0.4 is 10.1 Å². The van der Waals surface area contributed by atoms with Crippen LogP contribution in [-0.4, -0.2) is 27.2 Å². The molecule has 2 aromatic heterocycles. The Morgan fingerprint density at radius 1 is 1.19 bits per heavy atom. The molecule has 1 aliphatic rings. The molecule has 0 aliphatic carbocycles. The smallest absolute Gasteiger partial charge is 0.247 e. The first-order valence-corrected chi connectivity index (χ1v) is 9.44. The molecular weight excluding hydrogens is 348 g/mol. The number of rotatable bonds is 5. The van der Waals surface area contributed by atoms with Crippen molar-refractivity contribution in [3.05, 3.63) is 54.5 Å². The van der Waals surface area contributed by atoms with Gasteiger partial charge in [-0.2, -0.15) is 4.98 Å². The maximum Gasteiger partial charge on any atom is 0.247 e. The average Bonchev–Trinajstić information content (AvgIpc) is 3.13. The molecule has 3 aromatic rings. The number of aromatic nitrogens is 3. The van der Waals surface area contributed by atoms with E-state index in [1.54, 1.807) is 18.0 Å². The van der Waals surface area contributed by atoms with Crippen LogP contribution in [0.5, 0.6) is 5.88 Å². The monoisotopic (exact) mass is 366 g/mol. The molecule has 1 atom stereocenters. The fraction of sp³-hybridized carbons (Fsp3) is 0.211. The Hall–Kier alpha value is -2.80. The van der Waals surface area contributed by atoms with Crippen LogP contribution in [0.15, 0.2) is 58.3 Å². The Bertz CT molecular complexity index is 912. The van der Waals surface area contributed by atoms with E-state index in [0.717, 1.165) is 29.2 Å². The number of para-hydroxylation sites is 1. The lowest BCUT2D eigenvalue weighted by atomic mass is 10.1. The summed E-state index contributed by atoms with van der Waals surface area (Å²) in [5.74, 6) is 2.18. The molecule has 132 valence electrons. The quantitative estimate of drug-likeness (QED) is 0.668. The van der Waals surface area contributed by atoms with Crippen LogP contribution in [0.25, 0.3) is 17.3 Å². The van der Waals surface area contributed by atoms with Gasteiger partial charge in [0.05, 0.1) is 6.26 Å². The fourth-order valence-corrected chi connectivity index (χ4v) is 3.21. The first-order valence-electron chi connectivity index (χ1n) is 8.45. The zero-order chi connectivity index (χ0) is 17.8. The minimum Gasteiger partial charge on any atom is -0.465 e. The molecule has 0 unspecified atom stereocenters. The number of nitrogens with zero attached hydrogens (tertiary/aromatic N) is 3. The van der Waals surface area contributed by atoms with E-state index < -0.39 is 6.23 Å². The van der Waals surface area contributed by atoms with Gasteiger partial charge in [-0.15, -0.1) is 10.2 Å². The molecule has 1 aromatic carbocycles. The Morgan fingerprint density at radius 2 is 2.12 bits per heavy atom. The Kier molecular flexibility index (Phi) is 4.88. The van der Waals surface area contributed by atoms with E-state index in [1.807, 2.05) is 48.6 Å². The summed E-state index contributed by atoms with van der Waals surface area (Å²) in [6.45, 7) is 2.12. The highest BCUT2D eigenvalue weighted by Crippen LogP contribution is 2.36. The number of hydrogen-bond donors (Lipinski definition) is 1. The van der Waals surface area contributed by atoms with Gasteiger partial charge in [0, 0.05) is 17.0 Å². The maximum atomic E-state index is 6.09. The molecule has 0 saturated carbocycles. The summed E-state index contributed by atoms with van der Waals surface area (Å²) >= 11 is 1.58. The maximum absolute atomic E-state index is 6.09. The van der Waals surface area contributed by atoms with Crippen molar-refractivity contribution < 1.29 is 9.15 Å². The Labute approximate surface area is 155 Å². The van der Waals surface area contributed by atoms with Gasteiger partial charge in [0.1, 0.15) is 5.76 Å². The normalized spacial score (nSPS) is 15.7. The van der Waals surface area contributed by atoms with Gasteiger partial charge in [-0.05, 0) is 36.8 Å². The third-order valence-corrected chi connectivity index (χ3v) is 4.81. The van der Waals surface area contributed by atoms with Crippen molar-refractivity contribution in [3.63, 3.8) is 0 Å². The van der Waals surface area contributed by atoms with E-state index in [0.29, 0.717) is 16.7 Å². The lowest BCUT2D eigenvalue weighted by Crippen LogP contribution is -2.23. The van der Waals surface area contributed by atoms with Crippen molar-refractivity contribution in [2.45, 2.75) is 24.7 Å². The van der Waals surface area contributed by atoms with E-state index >= 15 is 0 Å². The van der Waals surface area contributed by atoms with Crippen molar-refractivity contribution in [3.8, 4) is 17.1 Å². The average molecular weight is 366 g/mol. The summed E-state index contributed by atoms with van der Waals surface area (Å²) in [6, 6.07) is 11.6. The highest BCUT2D eigenvalue weighted by atomic mass is 32.2. The number of benzene rings is 1. The number of hydrogen-bond acceptors (Lipinski definition) is 7. The largest absolute Gasteiger partial charge is 0.465 e. The van der Waals surface area contributed by atoms with Gasteiger partial charge in [-0.25, -0.2) is 0 Å². The summed E-state index contributed by atoms with van der Waals surface area (Å²) in [4.78, 5) is 4.57. The molecule has 0 spiro atoms. The molecule has 0 radical (unpaired) electrons.